The lowest BCUT2D eigenvalue weighted by molar-refractivity contribution is -0.0279. The maximum Gasteiger partial charge on any atom is 0.338 e. The van der Waals surface area contributed by atoms with Crippen LogP contribution in [0.5, 0.6) is 0 Å². The molecule has 9 heteroatoms. The maximum absolute atomic E-state index is 13.0. The predicted molar refractivity (Wildman–Crippen MR) is 131 cm³/mol. The van der Waals surface area contributed by atoms with E-state index in [-0.39, 0.29) is 6.54 Å². The number of benzene rings is 3. The van der Waals surface area contributed by atoms with Crippen LogP contribution < -0.4 is 0 Å². The van der Waals surface area contributed by atoms with Gasteiger partial charge in [-0.05, 0) is 48.9 Å². The van der Waals surface area contributed by atoms with Gasteiger partial charge in [0.25, 0.3) is 0 Å². The van der Waals surface area contributed by atoms with Crippen LogP contribution in [0, 0.1) is 6.92 Å². The van der Waals surface area contributed by atoms with Gasteiger partial charge in [0, 0.05) is 9.81 Å². The molecule has 3 aromatic rings. The van der Waals surface area contributed by atoms with Gasteiger partial charge in [-0.25, -0.2) is 9.59 Å². The van der Waals surface area contributed by atoms with Gasteiger partial charge in [0.05, 0.1) is 17.7 Å². The number of hydrogen-bond donors (Lipinski definition) is 0. The summed E-state index contributed by atoms with van der Waals surface area (Å²) >= 11 is 1.34. The average molecular weight is 490 g/mol. The number of nitrogens with zero attached hydrogens (tertiary/aromatic N) is 3. The van der Waals surface area contributed by atoms with E-state index < -0.39 is 35.7 Å². The second kappa shape index (κ2) is 11.6. The van der Waals surface area contributed by atoms with Gasteiger partial charge >= 0.3 is 11.9 Å². The van der Waals surface area contributed by atoms with Crippen LogP contribution in [-0.4, -0.2) is 42.2 Å². The molecule has 0 spiro atoms. The molecule has 0 aliphatic carbocycles. The predicted octanol–water partition coefficient (Wildman–Crippen LogP) is 5.57. The first kappa shape index (κ1) is 24.3. The number of esters is 2. The molecule has 3 aromatic carbocycles. The maximum atomic E-state index is 13.0. The topological polar surface area (TPSA) is 111 Å². The number of aryl methyl sites for hydroxylation is 1. The molecule has 1 aliphatic rings. The molecule has 2 unspecified atom stereocenters. The van der Waals surface area contributed by atoms with Crippen molar-refractivity contribution in [2.24, 2.45) is 5.11 Å². The summed E-state index contributed by atoms with van der Waals surface area (Å²) in [6.07, 6.45) is -2.72. The number of carbonyl (C=O) groups is 2. The highest BCUT2D eigenvalue weighted by Gasteiger charge is 2.50. The van der Waals surface area contributed by atoms with E-state index in [1.54, 1.807) is 60.7 Å². The van der Waals surface area contributed by atoms with Crippen molar-refractivity contribution in [1.29, 1.82) is 0 Å². The lowest BCUT2D eigenvalue weighted by Crippen LogP contribution is -2.40. The van der Waals surface area contributed by atoms with Crippen molar-refractivity contribution in [3.05, 3.63) is 112 Å². The van der Waals surface area contributed by atoms with Crippen molar-refractivity contribution < 1.29 is 23.8 Å². The van der Waals surface area contributed by atoms with Crippen LogP contribution in [0.1, 0.15) is 26.3 Å². The first-order chi connectivity index (χ1) is 17.0. The van der Waals surface area contributed by atoms with Crippen molar-refractivity contribution in [2.75, 3.05) is 6.54 Å². The van der Waals surface area contributed by atoms with Gasteiger partial charge < -0.3 is 14.2 Å². The Bertz CT molecular complexity index is 1200. The number of ether oxygens (including phenoxy) is 3. The largest absolute Gasteiger partial charge is 0.452 e. The van der Waals surface area contributed by atoms with Gasteiger partial charge in [-0.2, -0.15) is 0 Å². The summed E-state index contributed by atoms with van der Waals surface area (Å²) in [7, 11) is 0. The SMILES string of the molecule is Cc1ccc(S[C@@H]2O[C@H](CN=[N+]=[N-])C(OC(=O)c3ccccc3)C2OC(=O)c2ccccc2)cc1. The normalized spacial score (nSPS) is 21.1. The van der Waals surface area contributed by atoms with E-state index in [1.165, 1.54) is 11.8 Å². The van der Waals surface area contributed by atoms with Crippen LogP contribution in [0.15, 0.2) is 94.9 Å². The smallest absolute Gasteiger partial charge is 0.338 e. The molecule has 0 saturated carbocycles. The standard InChI is InChI=1S/C26H23N3O5S/c1-17-12-14-20(15-13-17)35-26-23(34-25(31)19-10-6-3-7-11-19)22(21(32-26)16-28-29-27)33-24(30)18-8-4-2-5-9-18/h2-15,21-23,26H,16H2,1H3/t21-,22?,23?,26+/m1/s1. The van der Waals surface area contributed by atoms with E-state index in [1.807, 2.05) is 31.2 Å². The third-order valence-electron chi connectivity index (χ3n) is 5.37. The lowest BCUT2D eigenvalue weighted by Gasteiger charge is -2.24. The van der Waals surface area contributed by atoms with Gasteiger partial charge in [0.1, 0.15) is 11.5 Å². The summed E-state index contributed by atoms with van der Waals surface area (Å²) in [6, 6.07) is 24.8. The number of thioether (sulfide) groups is 1. The van der Waals surface area contributed by atoms with Crippen molar-refractivity contribution >= 4 is 23.7 Å². The number of carbonyl (C=O) groups excluding carboxylic acids is 2. The van der Waals surface area contributed by atoms with Crippen LogP contribution in [0.25, 0.3) is 10.4 Å². The Labute approximate surface area is 206 Å². The Morgan fingerprint density at radius 3 is 1.97 bits per heavy atom. The molecule has 4 rings (SSSR count). The molecular weight excluding hydrogens is 466 g/mol. The Morgan fingerprint density at radius 1 is 0.886 bits per heavy atom. The molecule has 1 heterocycles. The lowest BCUT2D eigenvalue weighted by atomic mass is 10.1. The van der Waals surface area contributed by atoms with Gasteiger partial charge in [0.15, 0.2) is 12.2 Å². The zero-order valence-electron chi connectivity index (χ0n) is 18.9. The van der Waals surface area contributed by atoms with Crippen molar-refractivity contribution in [1.82, 2.24) is 0 Å². The van der Waals surface area contributed by atoms with Gasteiger partial charge in [-0.15, -0.1) is 0 Å². The molecule has 1 aliphatic heterocycles. The van der Waals surface area contributed by atoms with E-state index in [0.717, 1.165) is 10.5 Å². The van der Waals surface area contributed by atoms with Crippen molar-refractivity contribution in [2.45, 2.75) is 35.6 Å². The van der Waals surface area contributed by atoms with E-state index in [2.05, 4.69) is 10.0 Å². The number of azide groups is 1. The summed E-state index contributed by atoms with van der Waals surface area (Å²) in [6.45, 7) is 1.90. The molecule has 0 N–H and O–H groups in total. The van der Waals surface area contributed by atoms with Crippen LogP contribution in [0.4, 0.5) is 0 Å². The third-order valence-corrected chi connectivity index (χ3v) is 6.53. The Morgan fingerprint density at radius 2 is 1.43 bits per heavy atom. The average Bonchev–Trinajstić information content (AvgIpc) is 3.20. The van der Waals surface area contributed by atoms with Gasteiger partial charge in [0.2, 0.25) is 0 Å². The van der Waals surface area contributed by atoms with Gasteiger partial charge in [-0.3, -0.25) is 0 Å². The second-order valence-electron chi connectivity index (χ2n) is 7.86. The highest BCUT2D eigenvalue weighted by atomic mass is 32.2. The fourth-order valence-corrected chi connectivity index (χ4v) is 4.70. The fraction of sp³-hybridized carbons (Fsp3) is 0.231. The summed E-state index contributed by atoms with van der Waals surface area (Å²) in [5.41, 5.74) is 9.97. The molecule has 1 fully saturated rings. The molecule has 4 atom stereocenters. The van der Waals surface area contributed by atoms with Crippen LogP contribution in [0.2, 0.25) is 0 Å². The van der Waals surface area contributed by atoms with E-state index >= 15 is 0 Å². The third kappa shape index (κ3) is 6.22. The zero-order valence-corrected chi connectivity index (χ0v) is 19.7. The molecule has 35 heavy (non-hydrogen) atoms. The molecule has 0 amide bonds. The zero-order chi connectivity index (χ0) is 24.6. The molecule has 178 valence electrons. The molecule has 0 radical (unpaired) electrons. The van der Waals surface area contributed by atoms with Crippen LogP contribution >= 0.6 is 11.8 Å². The van der Waals surface area contributed by atoms with Crippen LogP contribution in [0.3, 0.4) is 0 Å². The minimum Gasteiger partial charge on any atom is -0.452 e. The summed E-state index contributed by atoms with van der Waals surface area (Å²) < 4.78 is 17.8. The first-order valence-electron chi connectivity index (χ1n) is 11.0. The highest BCUT2D eigenvalue weighted by molar-refractivity contribution is 7.99. The van der Waals surface area contributed by atoms with Gasteiger partial charge in [-0.1, -0.05) is 71.0 Å². The van der Waals surface area contributed by atoms with Crippen molar-refractivity contribution in [3.8, 4) is 0 Å². The molecular formula is C26H23N3O5S. The summed E-state index contributed by atoms with van der Waals surface area (Å²) in [4.78, 5) is 29.6. The minimum atomic E-state index is -0.983. The fourth-order valence-electron chi connectivity index (χ4n) is 3.60. The number of rotatable bonds is 8. The minimum absolute atomic E-state index is 0.0897. The van der Waals surface area contributed by atoms with E-state index in [4.69, 9.17) is 19.7 Å². The Hall–Kier alpha value is -3.78. The second-order valence-corrected chi connectivity index (χ2v) is 9.03. The van der Waals surface area contributed by atoms with E-state index in [0.29, 0.717) is 11.1 Å². The Balaban J connectivity index is 1.64. The molecule has 1 saturated heterocycles. The molecule has 8 nitrogen and oxygen atoms in total. The van der Waals surface area contributed by atoms with Crippen LogP contribution in [-0.2, 0) is 14.2 Å². The number of hydrogen-bond acceptors (Lipinski definition) is 7. The summed E-state index contributed by atoms with van der Waals surface area (Å²) in [5, 5.41) is 3.62. The monoisotopic (exact) mass is 489 g/mol. The van der Waals surface area contributed by atoms with E-state index in [9.17, 15) is 9.59 Å². The highest BCUT2D eigenvalue weighted by Crippen LogP contribution is 2.38. The Kier molecular flexibility index (Phi) is 8.05. The first-order valence-corrected chi connectivity index (χ1v) is 11.8. The molecule has 0 bridgehead atoms. The van der Waals surface area contributed by atoms with Crippen molar-refractivity contribution in [3.63, 3.8) is 0 Å². The summed E-state index contributed by atoms with van der Waals surface area (Å²) in [5.74, 6) is -1.16. The quantitative estimate of drug-likeness (QED) is 0.177. The molecule has 0 aromatic heterocycles.